The van der Waals surface area contributed by atoms with Crippen LogP contribution < -0.4 is 31.3 Å². The molecule has 1 spiro atoms. The van der Waals surface area contributed by atoms with Gasteiger partial charge < -0.3 is 54.8 Å². The molecular weight excluding hydrogens is 911 g/mol. The molecule has 0 bridgehead atoms. The van der Waals surface area contributed by atoms with Gasteiger partial charge in [0, 0.05) is 66.5 Å². The van der Waals surface area contributed by atoms with E-state index in [1.54, 1.807) is 84.7 Å². The van der Waals surface area contributed by atoms with Crippen LogP contribution in [0.25, 0.3) is 28.3 Å². The van der Waals surface area contributed by atoms with Crippen molar-refractivity contribution in [2.24, 2.45) is 7.05 Å². The van der Waals surface area contributed by atoms with E-state index in [2.05, 4.69) is 46.7 Å². The lowest BCUT2D eigenvalue weighted by Crippen LogP contribution is -2.33. The first kappa shape index (κ1) is 44.2. The van der Waals surface area contributed by atoms with Gasteiger partial charge in [0.25, 0.3) is 0 Å². The number of anilines is 3. The first-order chi connectivity index (χ1) is 33.5. The number of aryl methyl sites for hydroxylation is 1. The number of hydrogen-bond acceptors (Lipinski definition) is 15. The number of nitrogens with zero attached hydrogens (tertiary/aromatic N) is 6. The molecule has 8 aromatic rings. The fourth-order valence-electron chi connectivity index (χ4n) is 8.09. The highest BCUT2D eigenvalue weighted by atomic mass is 32.1. The maximum Gasteiger partial charge on any atom is 0.340 e. The van der Waals surface area contributed by atoms with Gasteiger partial charge in [0.1, 0.15) is 23.0 Å². The Morgan fingerprint density at radius 1 is 0.783 bits per heavy atom. The van der Waals surface area contributed by atoms with E-state index in [1.807, 2.05) is 0 Å². The Morgan fingerprint density at radius 2 is 1.48 bits per heavy atom. The molecule has 2 aliphatic rings. The number of fused-ring (bicyclic) bond motifs is 9. The van der Waals surface area contributed by atoms with Gasteiger partial charge in [-0.05, 0) is 78.4 Å². The van der Waals surface area contributed by atoms with Crippen molar-refractivity contribution in [2.75, 3.05) is 55.5 Å². The highest BCUT2D eigenvalue weighted by Gasteiger charge is 2.53. The second-order valence-corrected chi connectivity index (χ2v) is 16.2. The number of thiocarbonyl (C=S) groups is 1. The van der Waals surface area contributed by atoms with E-state index >= 15 is 0 Å². The highest BCUT2D eigenvalue weighted by Crippen LogP contribution is 2.57. The van der Waals surface area contributed by atoms with Crippen molar-refractivity contribution in [3.8, 4) is 34.6 Å². The van der Waals surface area contributed by atoms with E-state index in [0.29, 0.717) is 118 Å². The first-order valence-corrected chi connectivity index (χ1v) is 21.9. The minimum atomic E-state index is -1.36. The molecule has 0 fully saturated rings. The van der Waals surface area contributed by atoms with Crippen LogP contribution in [0.4, 0.5) is 22.1 Å². The molecule has 69 heavy (non-hydrogen) atoms. The summed E-state index contributed by atoms with van der Waals surface area (Å²) in [6, 6.07) is 24.2. The highest BCUT2D eigenvalue weighted by molar-refractivity contribution is 7.80. The number of rotatable bonds is 15. The van der Waals surface area contributed by atoms with Crippen molar-refractivity contribution < 1.29 is 48.0 Å². The summed E-state index contributed by atoms with van der Waals surface area (Å²) in [6.45, 7) is 1.99. The Hall–Kier alpha value is -8.60. The Labute approximate surface area is 396 Å². The third kappa shape index (κ3) is 9.01. The number of esters is 1. The minimum Gasteiger partial charge on any atom is -0.508 e. The molecule has 7 N–H and O–H groups in total. The summed E-state index contributed by atoms with van der Waals surface area (Å²) < 4.78 is 31.9. The van der Waals surface area contributed by atoms with Crippen molar-refractivity contribution in [2.45, 2.75) is 12.0 Å². The summed E-state index contributed by atoms with van der Waals surface area (Å²) >= 11 is 5.48. The zero-order valence-electron chi connectivity index (χ0n) is 36.5. The van der Waals surface area contributed by atoms with Gasteiger partial charge in [-0.1, -0.05) is 18.2 Å². The number of aromatic hydroxyl groups is 2. The number of amides is 3. The summed E-state index contributed by atoms with van der Waals surface area (Å²) in [7, 11) is 1.76. The summed E-state index contributed by atoms with van der Waals surface area (Å²) in [6.07, 6.45) is 3.42. The molecule has 10 rings (SSSR count). The average molecular weight is 952 g/mol. The molecule has 22 heteroatoms. The number of nitrogens with one attached hydrogen (secondary N) is 5. The Kier molecular flexibility index (Phi) is 11.9. The Balaban J connectivity index is 0.618. The summed E-state index contributed by atoms with van der Waals surface area (Å²) in [5.41, 5.74) is 3.23. The lowest BCUT2D eigenvalue weighted by atomic mass is 9.77. The third-order valence-corrected chi connectivity index (χ3v) is 11.4. The molecule has 2 aliphatic heterocycles. The molecule has 0 saturated heterocycles. The van der Waals surface area contributed by atoms with E-state index in [1.165, 1.54) is 35.0 Å². The van der Waals surface area contributed by atoms with Crippen LogP contribution in [0.1, 0.15) is 32.6 Å². The van der Waals surface area contributed by atoms with Crippen LogP contribution in [-0.2, 0) is 38.1 Å². The minimum absolute atomic E-state index is 0.0264. The van der Waals surface area contributed by atoms with Crippen LogP contribution in [0.3, 0.4) is 0 Å². The van der Waals surface area contributed by atoms with Gasteiger partial charge in [0.15, 0.2) is 27.8 Å². The van der Waals surface area contributed by atoms with Crippen molar-refractivity contribution in [1.29, 1.82) is 0 Å². The number of urea groups is 1. The molecule has 0 atom stereocenters. The van der Waals surface area contributed by atoms with Crippen molar-refractivity contribution in [3.63, 3.8) is 0 Å². The number of carbonyl (C=O) groups excluding carboxylic acids is 3. The number of benzene rings is 4. The maximum atomic E-state index is 13.4. The monoisotopic (exact) mass is 951 g/mol. The SMILES string of the molecule is Cn1cc2c(nc(NC(=O)Nc3ccc(CC(=O)NCCOCCOCCNC(=S)Nc4ccc5c(c4)C(=O)OC54c5ccc(O)cc5Oc5cc(O)ccc54)cc3)n3nc(-c4ccco4)nc23)n1. The smallest absolute Gasteiger partial charge is 0.340 e. The van der Waals surface area contributed by atoms with E-state index in [-0.39, 0.29) is 29.8 Å². The summed E-state index contributed by atoms with van der Waals surface area (Å²) in [5, 5.41) is 44.7. The quantitative estimate of drug-likeness (QED) is 0.0376. The topological polar surface area (TPSA) is 263 Å². The lowest BCUT2D eigenvalue weighted by Gasteiger charge is -2.36. The number of carbonyl (C=O) groups is 3. The van der Waals surface area contributed by atoms with E-state index in [4.69, 9.17) is 35.6 Å². The molecule has 0 saturated carbocycles. The number of furan rings is 1. The average Bonchev–Trinajstić information content (AvgIpc) is 4.14. The van der Waals surface area contributed by atoms with E-state index in [9.17, 15) is 24.6 Å². The fourth-order valence-corrected chi connectivity index (χ4v) is 8.31. The lowest BCUT2D eigenvalue weighted by molar-refractivity contribution is -0.120. The van der Waals surface area contributed by atoms with Crippen molar-refractivity contribution >= 4 is 69.2 Å². The van der Waals surface area contributed by atoms with Gasteiger partial charge in [0.2, 0.25) is 17.7 Å². The molecule has 6 heterocycles. The largest absolute Gasteiger partial charge is 0.508 e. The van der Waals surface area contributed by atoms with Gasteiger partial charge in [-0.25, -0.2) is 14.6 Å². The van der Waals surface area contributed by atoms with Gasteiger partial charge in [-0.3, -0.25) is 14.8 Å². The zero-order valence-corrected chi connectivity index (χ0v) is 37.3. The predicted octanol–water partition coefficient (Wildman–Crippen LogP) is 5.57. The fraction of sp³-hybridized carbons (Fsp3) is 0.191. The van der Waals surface area contributed by atoms with Crippen molar-refractivity contribution in [1.82, 2.24) is 40.0 Å². The number of ether oxygens (including phenoxy) is 4. The molecule has 21 nitrogen and oxygen atoms in total. The van der Waals surface area contributed by atoms with Gasteiger partial charge >= 0.3 is 12.0 Å². The van der Waals surface area contributed by atoms with Crippen LogP contribution in [0.15, 0.2) is 108 Å². The third-order valence-electron chi connectivity index (χ3n) is 11.1. The molecule has 0 aliphatic carbocycles. The van der Waals surface area contributed by atoms with Gasteiger partial charge in [0.05, 0.1) is 50.1 Å². The van der Waals surface area contributed by atoms with Crippen LogP contribution in [-0.4, -0.2) is 102 Å². The molecular formula is C47H41N11O10S. The molecule has 350 valence electrons. The van der Waals surface area contributed by atoms with Crippen LogP contribution in [0, 0.1) is 0 Å². The van der Waals surface area contributed by atoms with Crippen LogP contribution in [0.5, 0.6) is 23.0 Å². The van der Waals surface area contributed by atoms with Crippen LogP contribution in [0.2, 0.25) is 0 Å². The normalized spacial score (nSPS) is 13.0. The summed E-state index contributed by atoms with van der Waals surface area (Å²) in [4.78, 5) is 48.1. The first-order valence-electron chi connectivity index (χ1n) is 21.5. The van der Waals surface area contributed by atoms with E-state index < -0.39 is 17.6 Å². The van der Waals surface area contributed by atoms with E-state index in [0.717, 1.165) is 5.56 Å². The summed E-state index contributed by atoms with van der Waals surface area (Å²) in [5.74, 6) is 0.686. The zero-order chi connectivity index (χ0) is 47.6. The number of phenolic OH excluding ortho intramolecular Hbond substituents is 2. The van der Waals surface area contributed by atoms with Crippen molar-refractivity contribution in [3.05, 3.63) is 131 Å². The number of hydrogen-bond donors (Lipinski definition) is 7. The molecule has 4 aromatic carbocycles. The van der Waals surface area contributed by atoms with Crippen LogP contribution >= 0.6 is 12.2 Å². The Bertz CT molecular complexity index is 3230. The van der Waals surface area contributed by atoms with Gasteiger partial charge in [-0.2, -0.15) is 14.6 Å². The molecule has 3 amide bonds. The second-order valence-electron chi connectivity index (χ2n) is 15.8. The maximum absolute atomic E-state index is 13.4. The molecule has 0 unspecified atom stereocenters. The second kappa shape index (κ2) is 18.6. The number of aromatic nitrogens is 6. The number of phenols is 2. The van der Waals surface area contributed by atoms with Gasteiger partial charge in [-0.15, -0.1) is 5.10 Å². The molecule has 0 radical (unpaired) electrons. The standard InChI is InChI=1S/C47H41N11O10S/c1-57-25-32-40(55-57)53-44(58-42(32)52-41(56-58)36-3-2-16-66-36)54-45(63)50-27-6-4-26(5-7-27)21-39(61)48-14-17-64-19-20-65-18-15-49-46(69)51-28-8-11-33-31(22-28)43(62)68-47(33)34-12-9-29(59)23-37(34)67-38-24-30(60)10-13-35(38)47/h2-13,16,22-25,59-60H,14-15,17-21H2,1H3,(H,48,61)(H2,49,51,69)(H2,50,53,54,55,63). The predicted molar refractivity (Wildman–Crippen MR) is 252 cm³/mol. The Morgan fingerprint density at radius 3 is 2.19 bits per heavy atom. The molecule has 4 aromatic heterocycles.